The predicted octanol–water partition coefficient (Wildman–Crippen LogP) is 11.2. The van der Waals surface area contributed by atoms with Crippen LogP contribution in [0.5, 0.6) is 11.5 Å². The van der Waals surface area contributed by atoms with Gasteiger partial charge in [0.1, 0.15) is 41.2 Å². The van der Waals surface area contributed by atoms with E-state index in [0.717, 1.165) is 42.4 Å². The van der Waals surface area contributed by atoms with Crippen molar-refractivity contribution in [1.82, 2.24) is 14.2 Å². The summed E-state index contributed by atoms with van der Waals surface area (Å²) in [6.07, 6.45) is 5.66. The molecule has 70 heavy (non-hydrogen) atoms. The van der Waals surface area contributed by atoms with E-state index < -0.39 is 50.3 Å². The molecule has 374 valence electrons. The van der Waals surface area contributed by atoms with Gasteiger partial charge in [-0.05, 0) is 93.3 Å². The fraction of sp³-hybridized carbons (Fsp3) is 0.455. The summed E-state index contributed by atoms with van der Waals surface area (Å²) in [7, 11) is 1.43. The summed E-state index contributed by atoms with van der Waals surface area (Å²) < 4.78 is 50.0. The lowest BCUT2D eigenvalue weighted by atomic mass is 9.80. The second-order valence-electron chi connectivity index (χ2n) is 17.8. The van der Waals surface area contributed by atoms with E-state index >= 15 is 0 Å². The van der Waals surface area contributed by atoms with Gasteiger partial charge in [0.25, 0.3) is 14.4 Å². The SMILES string of the molecule is CCCCCCCCCO[C@@H]1[C@H](OP(OCCC#N)N(C(C)C)C(C)C)[C@@H](COC(c2ccccc2)(c2ccc(OC)cc2)c2ccc(OC)cc2)O[C@H]1n1ccc(NC(=O)c2ccccc2)nc1=O. The van der Waals surface area contributed by atoms with E-state index in [1.165, 1.54) is 23.8 Å². The van der Waals surface area contributed by atoms with E-state index in [2.05, 4.69) is 55.7 Å². The third-order valence-corrected chi connectivity index (χ3v) is 14.4. The minimum Gasteiger partial charge on any atom is -0.497 e. The van der Waals surface area contributed by atoms with E-state index in [-0.39, 0.29) is 37.5 Å². The monoisotopic (exact) mass is 975 g/mol. The third-order valence-electron chi connectivity index (χ3n) is 12.2. The van der Waals surface area contributed by atoms with Crippen LogP contribution in [0.3, 0.4) is 0 Å². The van der Waals surface area contributed by atoms with Crippen LogP contribution in [-0.4, -0.2) is 84.6 Å². The van der Waals surface area contributed by atoms with Crippen molar-refractivity contribution >= 4 is 20.3 Å². The number of benzene rings is 4. The van der Waals surface area contributed by atoms with Crippen molar-refractivity contribution in [3.63, 3.8) is 0 Å². The molecular weight excluding hydrogens is 906 g/mol. The van der Waals surface area contributed by atoms with Crippen LogP contribution in [0.25, 0.3) is 0 Å². The molecule has 1 fully saturated rings. The molecule has 1 amide bonds. The summed E-state index contributed by atoms with van der Waals surface area (Å²) in [5.41, 5.74) is 1.05. The van der Waals surface area contributed by atoms with Crippen molar-refractivity contribution in [3.8, 4) is 17.6 Å². The lowest BCUT2D eigenvalue weighted by Crippen LogP contribution is -2.43. The van der Waals surface area contributed by atoms with Gasteiger partial charge >= 0.3 is 5.69 Å². The van der Waals surface area contributed by atoms with Crippen molar-refractivity contribution in [3.05, 3.63) is 154 Å². The van der Waals surface area contributed by atoms with E-state index in [1.807, 2.05) is 84.9 Å². The molecule has 1 aliphatic rings. The summed E-state index contributed by atoms with van der Waals surface area (Å²) in [6.45, 7) is 11.0. The Labute approximate surface area is 415 Å². The number of anilines is 1. The summed E-state index contributed by atoms with van der Waals surface area (Å²) in [5, 5.41) is 12.4. The molecule has 4 aromatic carbocycles. The fourth-order valence-electron chi connectivity index (χ4n) is 8.78. The maximum Gasteiger partial charge on any atom is 0.351 e. The number of aromatic nitrogens is 2. The molecule has 0 spiro atoms. The second kappa shape index (κ2) is 27.2. The van der Waals surface area contributed by atoms with Gasteiger partial charge < -0.3 is 38.0 Å². The minimum absolute atomic E-state index is 0.00516. The number of nitrogens with zero attached hydrogens (tertiary/aromatic N) is 4. The average Bonchev–Trinajstić information content (AvgIpc) is 3.71. The number of rotatable bonds is 28. The molecule has 0 bridgehead atoms. The van der Waals surface area contributed by atoms with Crippen LogP contribution in [0.4, 0.5) is 5.82 Å². The van der Waals surface area contributed by atoms with Crippen LogP contribution in [0.1, 0.15) is 119 Å². The molecule has 2 heterocycles. The van der Waals surface area contributed by atoms with Gasteiger partial charge in [-0.1, -0.05) is 118 Å². The fourth-order valence-corrected chi connectivity index (χ4v) is 10.6. The third kappa shape index (κ3) is 13.9. The zero-order valence-electron chi connectivity index (χ0n) is 41.7. The summed E-state index contributed by atoms with van der Waals surface area (Å²) >= 11 is 0. The number of ether oxygens (including phenoxy) is 5. The topological polar surface area (TPSA) is 156 Å². The normalized spacial score (nSPS) is 17.4. The van der Waals surface area contributed by atoms with E-state index in [9.17, 15) is 14.9 Å². The Bertz CT molecular complexity index is 2380. The average molecular weight is 976 g/mol. The predicted molar refractivity (Wildman–Crippen MR) is 273 cm³/mol. The molecule has 1 saturated heterocycles. The molecule has 0 aliphatic carbocycles. The van der Waals surface area contributed by atoms with E-state index in [0.29, 0.717) is 23.7 Å². The first-order valence-electron chi connectivity index (χ1n) is 24.5. The largest absolute Gasteiger partial charge is 0.497 e. The van der Waals surface area contributed by atoms with Gasteiger partial charge in [-0.25, -0.2) is 9.46 Å². The lowest BCUT2D eigenvalue weighted by Gasteiger charge is -2.39. The van der Waals surface area contributed by atoms with Crippen molar-refractivity contribution in [2.75, 3.05) is 39.4 Å². The van der Waals surface area contributed by atoms with Crippen LogP contribution < -0.4 is 20.5 Å². The molecule has 0 saturated carbocycles. The molecule has 1 N–H and O–H groups in total. The molecule has 5 atom stereocenters. The van der Waals surface area contributed by atoms with Gasteiger partial charge in [0, 0.05) is 30.5 Å². The number of carbonyl (C=O) groups excluding carboxylic acids is 1. The Hall–Kier alpha value is -5.49. The van der Waals surface area contributed by atoms with Crippen LogP contribution >= 0.6 is 8.53 Å². The molecule has 1 unspecified atom stereocenters. The first-order chi connectivity index (χ1) is 34.0. The van der Waals surface area contributed by atoms with Crippen molar-refractivity contribution < 1.29 is 37.5 Å². The number of unbranched alkanes of at least 4 members (excludes halogenated alkanes) is 6. The zero-order valence-corrected chi connectivity index (χ0v) is 42.6. The zero-order chi connectivity index (χ0) is 49.9. The second-order valence-corrected chi connectivity index (χ2v) is 19.2. The van der Waals surface area contributed by atoms with Gasteiger partial charge in [0.2, 0.25) is 0 Å². The Balaban J connectivity index is 1.46. The maximum absolute atomic E-state index is 14.3. The highest BCUT2D eigenvalue weighted by atomic mass is 31.2. The number of nitriles is 1. The molecule has 1 aromatic heterocycles. The Morgan fingerprint density at radius 2 is 1.36 bits per heavy atom. The highest BCUT2D eigenvalue weighted by molar-refractivity contribution is 7.44. The molecular formula is C55H70N5O9P. The summed E-state index contributed by atoms with van der Waals surface area (Å²) in [5.74, 6) is 1.06. The highest BCUT2D eigenvalue weighted by Gasteiger charge is 2.51. The van der Waals surface area contributed by atoms with E-state index in [1.54, 1.807) is 50.7 Å². The Morgan fingerprint density at radius 3 is 1.91 bits per heavy atom. The first kappa shape index (κ1) is 53.9. The van der Waals surface area contributed by atoms with Crippen LogP contribution in [0.15, 0.2) is 126 Å². The Kier molecular flexibility index (Phi) is 20.9. The number of nitrogens with one attached hydrogen (secondary N) is 1. The van der Waals surface area contributed by atoms with Gasteiger partial charge in [0.15, 0.2) is 6.23 Å². The van der Waals surface area contributed by atoms with Crippen molar-refractivity contribution in [1.29, 1.82) is 5.26 Å². The van der Waals surface area contributed by atoms with Crippen molar-refractivity contribution in [2.24, 2.45) is 0 Å². The van der Waals surface area contributed by atoms with E-state index in [4.69, 9.17) is 32.7 Å². The molecule has 15 heteroatoms. The maximum atomic E-state index is 14.3. The lowest BCUT2D eigenvalue weighted by molar-refractivity contribution is -0.0977. The number of carbonyl (C=O) groups is 1. The first-order valence-corrected chi connectivity index (χ1v) is 25.6. The molecule has 1 aliphatic heterocycles. The summed E-state index contributed by atoms with van der Waals surface area (Å²) in [4.78, 5) is 31.7. The number of methoxy groups -OCH3 is 2. The Morgan fingerprint density at radius 1 is 0.786 bits per heavy atom. The summed E-state index contributed by atoms with van der Waals surface area (Å²) in [6, 6.07) is 38.1. The van der Waals surface area contributed by atoms with Gasteiger partial charge in [-0.2, -0.15) is 10.2 Å². The molecule has 0 radical (unpaired) electrons. The van der Waals surface area contributed by atoms with Crippen molar-refractivity contribution in [2.45, 2.75) is 128 Å². The van der Waals surface area contributed by atoms with Gasteiger partial charge in [-0.3, -0.25) is 9.36 Å². The number of amides is 1. The molecule has 5 aromatic rings. The minimum atomic E-state index is -1.84. The number of hydrogen-bond donors (Lipinski definition) is 1. The van der Waals surface area contributed by atoms with Gasteiger partial charge in [0.05, 0.1) is 39.9 Å². The highest BCUT2D eigenvalue weighted by Crippen LogP contribution is 2.51. The van der Waals surface area contributed by atoms with Crippen LogP contribution in [0, 0.1) is 11.3 Å². The van der Waals surface area contributed by atoms with Crippen LogP contribution in [0.2, 0.25) is 0 Å². The smallest absolute Gasteiger partial charge is 0.351 e. The molecule has 6 rings (SSSR count). The van der Waals surface area contributed by atoms with Gasteiger partial charge in [-0.15, -0.1) is 0 Å². The standard InChI is InChI=1S/C55H70N5O9P/c1-8-9-10-11-12-13-20-37-65-51-50(69-70(67-38-21-35-56)60(40(2)3)41(4)5)48(68-53(51)59-36-34-49(58-54(59)62)57-52(61)42-22-16-14-17-23-42)39-66-55(43-24-18-15-19-25-43,44-26-30-46(63-6)31-27-44)45-28-32-47(64-7)33-29-45/h14-19,22-34,36,40-41,48,50-51,53H,8-13,20-21,37-39H2,1-7H3,(H,57,58,61,62)/t48-,50-,51-,53-,70?/m1/s1. The molecule has 14 nitrogen and oxygen atoms in total. The quantitative estimate of drug-likeness (QED) is 0.0288. The van der Waals surface area contributed by atoms with Crippen LogP contribution in [-0.2, 0) is 28.9 Å². The number of hydrogen-bond acceptors (Lipinski definition) is 12.